The van der Waals surface area contributed by atoms with Crippen LogP contribution in [-0.4, -0.2) is 54.2 Å². The summed E-state index contributed by atoms with van der Waals surface area (Å²) < 4.78 is 35.8. The Morgan fingerprint density at radius 3 is 2.49 bits per heavy atom. The van der Waals surface area contributed by atoms with Crippen LogP contribution in [0.15, 0.2) is 78.9 Å². The van der Waals surface area contributed by atoms with Gasteiger partial charge in [0.15, 0.2) is 0 Å². The fourth-order valence-corrected chi connectivity index (χ4v) is 5.75. The van der Waals surface area contributed by atoms with Gasteiger partial charge in [-0.2, -0.15) is 5.10 Å². The first kappa shape index (κ1) is 26.6. The van der Waals surface area contributed by atoms with Gasteiger partial charge in [-0.1, -0.05) is 54.6 Å². The fraction of sp³-hybridized carbons (Fsp3) is 0.207. The van der Waals surface area contributed by atoms with Gasteiger partial charge in [0.2, 0.25) is 11.8 Å². The average Bonchev–Trinajstić information content (AvgIpc) is 3.28. The number of halogens is 2. The van der Waals surface area contributed by atoms with E-state index in [0.29, 0.717) is 29.4 Å². The summed E-state index contributed by atoms with van der Waals surface area (Å²) in [6.07, 6.45) is 0. The van der Waals surface area contributed by atoms with E-state index >= 15 is 4.39 Å². The van der Waals surface area contributed by atoms with Crippen LogP contribution in [0.5, 0.6) is 0 Å². The highest BCUT2D eigenvalue weighted by molar-refractivity contribution is 8.00. The summed E-state index contributed by atoms with van der Waals surface area (Å²) in [6, 6.07) is 22.1. The van der Waals surface area contributed by atoms with Gasteiger partial charge in [-0.3, -0.25) is 14.5 Å². The average molecular weight is 549 g/mol. The molecule has 2 amide bonds. The molecule has 200 valence electrons. The Bertz CT molecular complexity index is 1480. The number of aromatic nitrogens is 2. The van der Waals surface area contributed by atoms with E-state index < -0.39 is 16.9 Å². The predicted octanol–water partition coefficient (Wildman–Crippen LogP) is 4.75. The number of thioether (sulfide) groups is 1. The van der Waals surface area contributed by atoms with Gasteiger partial charge in [-0.25, -0.2) is 13.5 Å². The number of carbonyl (C=O) groups excluding carboxylic acids is 2. The number of rotatable bonds is 8. The van der Waals surface area contributed by atoms with Crippen LogP contribution in [0.1, 0.15) is 16.4 Å². The Balaban J connectivity index is 1.75. The molecule has 5 rings (SSSR count). The molecule has 3 aromatic carbocycles. The van der Waals surface area contributed by atoms with Crippen molar-refractivity contribution in [3.8, 4) is 16.9 Å². The van der Waals surface area contributed by atoms with Crippen molar-refractivity contribution < 1.29 is 23.1 Å². The zero-order chi connectivity index (χ0) is 27.4. The molecule has 39 heavy (non-hydrogen) atoms. The Morgan fingerprint density at radius 1 is 1.08 bits per heavy atom. The van der Waals surface area contributed by atoms with Crippen LogP contribution in [0.4, 0.5) is 14.6 Å². The van der Waals surface area contributed by atoms with Crippen LogP contribution in [0.25, 0.3) is 16.9 Å². The summed E-state index contributed by atoms with van der Waals surface area (Å²) >= 11 is 1.22. The highest BCUT2D eigenvalue weighted by atomic mass is 32.2. The number of ether oxygens (including phenoxy) is 1. The predicted molar refractivity (Wildman–Crippen MR) is 147 cm³/mol. The van der Waals surface area contributed by atoms with Crippen molar-refractivity contribution in [2.24, 2.45) is 0 Å². The van der Waals surface area contributed by atoms with E-state index in [-0.39, 0.29) is 36.2 Å². The van der Waals surface area contributed by atoms with Crippen LogP contribution in [0.2, 0.25) is 0 Å². The molecule has 0 unspecified atom stereocenters. The third kappa shape index (κ3) is 5.57. The van der Waals surface area contributed by atoms with Gasteiger partial charge in [0.05, 0.1) is 29.0 Å². The van der Waals surface area contributed by atoms with E-state index in [1.807, 2.05) is 60.7 Å². The molecule has 0 saturated carbocycles. The number of methoxy groups -OCH3 is 1. The van der Waals surface area contributed by atoms with Crippen molar-refractivity contribution in [3.63, 3.8) is 0 Å². The molecule has 0 saturated heterocycles. The maximum atomic E-state index is 15.2. The molecule has 2 heterocycles. The second-order valence-electron chi connectivity index (χ2n) is 8.88. The molecule has 4 aromatic rings. The molecule has 0 spiro atoms. The lowest BCUT2D eigenvalue weighted by Gasteiger charge is -2.23. The lowest BCUT2D eigenvalue weighted by molar-refractivity contribution is -0.123. The van der Waals surface area contributed by atoms with Crippen molar-refractivity contribution in [2.45, 2.75) is 5.25 Å². The Morgan fingerprint density at radius 2 is 1.79 bits per heavy atom. The number of para-hydroxylation sites is 1. The molecular weight excluding hydrogens is 522 g/mol. The number of anilines is 1. The highest BCUT2D eigenvalue weighted by Crippen LogP contribution is 2.49. The third-order valence-corrected chi connectivity index (χ3v) is 7.55. The molecule has 1 N–H and O–H groups in total. The number of amides is 2. The van der Waals surface area contributed by atoms with Crippen LogP contribution >= 0.6 is 11.8 Å². The van der Waals surface area contributed by atoms with Crippen LogP contribution in [0.3, 0.4) is 0 Å². The maximum Gasteiger partial charge on any atom is 0.240 e. The first-order valence-corrected chi connectivity index (χ1v) is 13.4. The van der Waals surface area contributed by atoms with Crippen molar-refractivity contribution in [2.75, 3.05) is 37.5 Å². The van der Waals surface area contributed by atoms with Gasteiger partial charge in [0.25, 0.3) is 0 Å². The van der Waals surface area contributed by atoms with E-state index in [0.717, 1.165) is 11.6 Å². The van der Waals surface area contributed by atoms with Gasteiger partial charge in [-0.05, 0) is 18.2 Å². The topological polar surface area (TPSA) is 76.5 Å². The van der Waals surface area contributed by atoms with Gasteiger partial charge >= 0.3 is 0 Å². The van der Waals surface area contributed by atoms with Crippen LogP contribution < -0.4 is 10.2 Å². The van der Waals surface area contributed by atoms with E-state index in [4.69, 9.17) is 9.84 Å². The second-order valence-corrected chi connectivity index (χ2v) is 9.97. The molecule has 1 aliphatic rings. The van der Waals surface area contributed by atoms with Crippen LogP contribution in [-0.2, 0) is 14.3 Å². The van der Waals surface area contributed by atoms with Crippen LogP contribution in [0, 0.1) is 11.6 Å². The Hall–Kier alpha value is -4.02. The number of fused-ring (bicyclic) bond motifs is 1. The molecule has 1 aliphatic heterocycles. The quantitative estimate of drug-likeness (QED) is 0.322. The lowest BCUT2D eigenvalue weighted by atomic mass is 9.99. The SMILES string of the molecule is COCCNC(=O)CN1C(=O)CS[C@@H](c2ccc(F)cc2F)c2c(-c3ccccc3)nn(-c3ccccc3)c21. The largest absolute Gasteiger partial charge is 0.383 e. The number of benzene rings is 3. The van der Waals surface area contributed by atoms with Crippen molar-refractivity contribution >= 4 is 29.4 Å². The maximum absolute atomic E-state index is 15.2. The molecule has 0 aliphatic carbocycles. The summed E-state index contributed by atoms with van der Waals surface area (Å²) in [5, 5.41) is 6.99. The molecule has 0 bridgehead atoms. The number of hydrogen-bond donors (Lipinski definition) is 1. The van der Waals surface area contributed by atoms with E-state index in [1.165, 1.54) is 35.9 Å². The van der Waals surface area contributed by atoms with E-state index in [1.54, 1.807) is 4.68 Å². The first-order valence-electron chi connectivity index (χ1n) is 12.3. The highest BCUT2D eigenvalue weighted by Gasteiger charge is 2.38. The number of carbonyl (C=O) groups is 2. The van der Waals surface area contributed by atoms with Crippen molar-refractivity contribution in [3.05, 3.63) is 102 Å². The van der Waals surface area contributed by atoms with Gasteiger partial charge in [-0.15, -0.1) is 11.8 Å². The number of hydrogen-bond acceptors (Lipinski definition) is 5. The second kappa shape index (κ2) is 11.8. The minimum atomic E-state index is -0.719. The van der Waals surface area contributed by atoms with Gasteiger partial charge in [0.1, 0.15) is 24.0 Å². The fourth-order valence-electron chi connectivity index (χ4n) is 4.53. The molecule has 1 atom stereocenters. The standard InChI is InChI=1S/C29H26F2N4O3S/c1-38-15-14-32-24(36)17-34-25(37)18-39-28(22-13-12-20(30)16-23(22)31)26-27(19-8-4-2-5-9-19)33-35(29(26)34)21-10-6-3-7-11-21/h2-13,16,28H,14-15,17-18H2,1H3,(H,32,36)/t28-/m0/s1. The summed E-state index contributed by atoms with van der Waals surface area (Å²) in [6.45, 7) is 0.351. The zero-order valence-corrected chi connectivity index (χ0v) is 22.0. The smallest absolute Gasteiger partial charge is 0.240 e. The first-order chi connectivity index (χ1) is 19.0. The van der Waals surface area contributed by atoms with Gasteiger partial charge < -0.3 is 10.1 Å². The molecule has 0 fully saturated rings. The summed E-state index contributed by atoms with van der Waals surface area (Å²) in [7, 11) is 1.53. The van der Waals surface area contributed by atoms with E-state index in [9.17, 15) is 14.0 Å². The number of nitrogens with zero attached hydrogens (tertiary/aromatic N) is 3. The summed E-state index contributed by atoms with van der Waals surface area (Å²) in [5.41, 5.74) is 2.76. The normalized spacial score (nSPS) is 15.1. The summed E-state index contributed by atoms with van der Waals surface area (Å²) in [4.78, 5) is 27.9. The third-order valence-electron chi connectivity index (χ3n) is 6.31. The monoisotopic (exact) mass is 548 g/mol. The van der Waals surface area contributed by atoms with Gasteiger partial charge in [0, 0.05) is 36.4 Å². The molecule has 0 radical (unpaired) electrons. The molecule has 7 nitrogen and oxygen atoms in total. The molecule has 10 heteroatoms. The molecule has 1 aromatic heterocycles. The summed E-state index contributed by atoms with van der Waals surface area (Å²) in [5.74, 6) is -1.77. The number of nitrogens with one attached hydrogen (secondary N) is 1. The Kier molecular flexibility index (Phi) is 8.04. The minimum absolute atomic E-state index is 0.0233. The zero-order valence-electron chi connectivity index (χ0n) is 21.1. The lowest BCUT2D eigenvalue weighted by Crippen LogP contribution is -2.43. The van der Waals surface area contributed by atoms with Crippen molar-refractivity contribution in [1.29, 1.82) is 0 Å². The minimum Gasteiger partial charge on any atom is -0.383 e. The Labute approximate surface area is 228 Å². The van der Waals surface area contributed by atoms with Crippen molar-refractivity contribution in [1.82, 2.24) is 15.1 Å². The van der Waals surface area contributed by atoms with E-state index in [2.05, 4.69) is 5.32 Å². The molecular formula is C29H26F2N4O3S.